The van der Waals surface area contributed by atoms with E-state index in [0.29, 0.717) is 46.0 Å². The number of benzene rings is 1. The molecule has 1 aliphatic rings. The third kappa shape index (κ3) is 5.02. The van der Waals surface area contributed by atoms with Crippen LogP contribution in [-0.4, -0.2) is 34.2 Å². The predicted molar refractivity (Wildman–Crippen MR) is 114 cm³/mol. The first-order chi connectivity index (χ1) is 13.6. The molecule has 1 aromatic heterocycles. The zero-order valence-electron chi connectivity index (χ0n) is 15.3. The summed E-state index contributed by atoms with van der Waals surface area (Å²) in [5.41, 5.74) is 0.640. The molecule has 0 unspecified atom stereocenters. The second-order valence-electron chi connectivity index (χ2n) is 5.93. The quantitative estimate of drug-likeness (QED) is 0.511. The lowest BCUT2D eigenvalue weighted by molar-refractivity contribution is -0.122. The molecule has 2 heterocycles. The van der Waals surface area contributed by atoms with Gasteiger partial charge in [-0.1, -0.05) is 36.1 Å². The van der Waals surface area contributed by atoms with Gasteiger partial charge in [-0.15, -0.1) is 0 Å². The van der Waals surface area contributed by atoms with Gasteiger partial charge in [0.1, 0.15) is 15.8 Å². The highest BCUT2D eigenvalue weighted by Gasteiger charge is 2.31. The lowest BCUT2D eigenvalue weighted by atomic mass is 10.2. The number of nitrogens with one attached hydrogen (secondary N) is 1. The fourth-order valence-electron chi connectivity index (χ4n) is 2.66. The van der Waals surface area contributed by atoms with Crippen LogP contribution >= 0.6 is 24.0 Å². The highest BCUT2D eigenvalue weighted by Crippen LogP contribution is 2.32. The van der Waals surface area contributed by atoms with Crippen LogP contribution in [0.1, 0.15) is 25.5 Å². The molecule has 6 nitrogen and oxygen atoms in total. The lowest BCUT2D eigenvalue weighted by Gasteiger charge is -2.14. The number of hydrogen-bond donors (Lipinski definition) is 1. The van der Waals surface area contributed by atoms with Gasteiger partial charge in [0.15, 0.2) is 0 Å². The number of amides is 2. The molecule has 0 atom stereocenters. The van der Waals surface area contributed by atoms with E-state index in [-0.39, 0.29) is 18.2 Å². The summed E-state index contributed by atoms with van der Waals surface area (Å²) in [7, 11) is 0. The van der Waals surface area contributed by atoms with Gasteiger partial charge in [0.2, 0.25) is 5.91 Å². The molecule has 3 rings (SSSR count). The number of nitrogens with zero attached hydrogens (tertiary/aromatic N) is 1. The predicted octanol–water partition coefficient (Wildman–Crippen LogP) is 4.30. The van der Waals surface area contributed by atoms with Crippen LogP contribution in [-0.2, 0) is 9.59 Å². The normalized spacial score (nSPS) is 15.3. The summed E-state index contributed by atoms with van der Waals surface area (Å²) in [5, 5.41) is 2.85. The van der Waals surface area contributed by atoms with Crippen molar-refractivity contribution in [1.29, 1.82) is 0 Å². The SMILES string of the molecule is CCOc1ccccc1NC(=O)CCCN1C(=O)C(=Cc2ccco2)SC1=S. The number of para-hydroxylation sites is 2. The van der Waals surface area contributed by atoms with Crippen molar-refractivity contribution in [2.75, 3.05) is 18.5 Å². The van der Waals surface area contributed by atoms with Crippen LogP contribution in [0.3, 0.4) is 0 Å². The van der Waals surface area contributed by atoms with E-state index in [1.807, 2.05) is 25.1 Å². The second kappa shape index (κ2) is 9.57. The van der Waals surface area contributed by atoms with Crippen molar-refractivity contribution in [3.63, 3.8) is 0 Å². The highest BCUT2D eigenvalue weighted by atomic mass is 32.2. The summed E-state index contributed by atoms with van der Waals surface area (Å²) < 4.78 is 11.2. The van der Waals surface area contributed by atoms with Gasteiger partial charge in [-0.2, -0.15) is 0 Å². The van der Waals surface area contributed by atoms with E-state index >= 15 is 0 Å². The number of rotatable bonds is 8. The van der Waals surface area contributed by atoms with Crippen LogP contribution in [0.4, 0.5) is 5.69 Å². The molecule has 0 spiro atoms. The Bertz CT molecular complexity index is 893. The van der Waals surface area contributed by atoms with Crippen LogP contribution < -0.4 is 10.1 Å². The van der Waals surface area contributed by atoms with E-state index in [4.69, 9.17) is 21.4 Å². The lowest BCUT2D eigenvalue weighted by Crippen LogP contribution is -2.29. The molecule has 2 amide bonds. The molecule has 8 heteroatoms. The van der Waals surface area contributed by atoms with E-state index in [2.05, 4.69) is 5.32 Å². The second-order valence-corrected chi connectivity index (χ2v) is 7.61. The Hall–Kier alpha value is -2.58. The highest BCUT2D eigenvalue weighted by molar-refractivity contribution is 8.26. The van der Waals surface area contributed by atoms with Crippen LogP contribution in [0.5, 0.6) is 5.75 Å². The van der Waals surface area contributed by atoms with Crippen LogP contribution in [0.15, 0.2) is 52.0 Å². The van der Waals surface area contributed by atoms with Crippen molar-refractivity contribution in [3.05, 3.63) is 53.3 Å². The fraction of sp³-hybridized carbons (Fsp3) is 0.250. The van der Waals surface area contributed by atoms with E-state index in [9.17, 15) is 9.59 Å². The van der Waals surface area contributed by atoms with E-state index < -0.39 is 0 Å². The molecule has 0 aliphatic carbocycles. The number of carbonyl (C=O) groups excluding carboxylic acids is 2. The van der Waals surface area contributed by atoms with Crippen molar-refractivity contribution in [2.24, 2.45) is 0 Å². The maximum absolute atomic E-state index is 12.5. The molecule has 1 aromatic carbocycles. The Morgan fingerprint density at radius 2 is 2.14 bits per heavy atom. The Labute approximate surface area is 172 Å². The first-order valence-electron chi connectivity index (χ1n) is 8.89. The average molecular weight is 417 g/mol. The molecule has 146 valence electrons. The Morgan fingerprint density at radius 3 is 2.89 bits per heavy atom. The minimum absolute atomic E-state index is 0.135. The summed E-state index contributed by atoms with van der Waals surface area (Å²) in [6.45, 7) is 2.80. The van der Waals surface area contributed by atoms with Crippen LogP contribution in [0.2, 0.25) is 0 Å². The standard InChI is InChI=1S/C20H20N2O4S2/c1-2-25-16-9-4-3-8-15(16)21-18(23)10-5-11-22-19(24)17(28-20(22)27)13-14-7-6-12-26-14/h3-4,6-9,12-13H,2,5,10-11H2,1H3,(H,21,23). The Morgan fingerprint density at radius 1 is 1.32 bits per heavy atom. The number of ether oxygens (including phenoxy) is 1. The zero-order valence-corrected chi connectivity index (χ0v) is 17.0. The van der Waals surface area contributed by atoms with Gasteiger partial charge in [0.25, 0.3) is 5.91 Å². The number of furan rings is 1. The van der Waals surface area contributed by atoms with Gasteiger partial charge in [0, 0.05) is 19.0 Å². The number of thiocarbonyl (C=S) groups is 1. The minimum Gasteiger partial charge on any atom is -0.492 e. The van der Waals surface area contributed by atoms with Gasteiger partial charge >= 0.3 is 0 Å². The third-order valence-electron chi connectivity index (χ3n) is 3.94. The fourth-order valence-corrected chi connectivity index (χ4v) is 3.95. The molecule has 0 bridgehead atoms. The average Bonchev–Trinajstić information content (AvgIpc) is 3.27. The number of carbonyl (C=O) groups is 2. The van der Waals surface area contributed by atoms with E-state index in [1.54, 1.807) is 30.5 Å². The molecular formula is C20H20N2O4S2. The molecule has 28 heavy (non-hydrogen) atoms. The Kier molecular flexibility index (Phi) is 6.89. The third-order valence-corrected chi connectivity index (χ3v) is 5.31. The van der Waals surface area contributed by atoms with Crippen molar-refractivity contribution >= 4 is 51.9 Å². The summed E-state index contributed by atoms with van der Waals surface area (Å²) in [6.07, 6.45) is 4.00. The minimum atomic E-state index is -0.159. The smallest absolute Gasteiger partial charge is 0.266 e. The first-order valence-corrected chi connectivity index (χ1v) is 10.1. The van der Waals surface area contributed by atoms with Gasteiger partial charge < -0.3 is 14.5 Å². The number of thioether (sulfide) groups is 1. The summed E-state index contributed by atoms with van der Waals surface area (Å²) >= 11 is 6.54. The molecule has 1 N–H and O–H groups in total. The summed E-state index contributed by atoms with van der Waals surface area (Å²) in [5.74, 6) is 0.948. The number of anilines is 1. The van der Waals surface area contributed by atoms with Gasteiger partial charge in [-0.25, -0.2) is 0 Å². The largest absolute Gasteiger partial charge is 0.492 e. The number of hydrogen-bond acceptors (Lipinski definition) is 6. The van der Waals surface area contributed by atoms with Crippen molar-refractivity contribution < 1.29 is 18.7 Å². The van der Waals surface area contributed by atoms with E-state index in [1.165, 1.54) is 16.7 Å². The van der Waals surface area contributed by atoms with Crippen molar-refractivity contribution in [1.82, 2.24) is 4.90 Å². The molecule has 1 aliphatic heterocycles. The maximum atomic E-state index is 12.5. The molecule has 0 saturated carbocycles. The van der Waals surface area contributed by atoms with Crippen LogP contribution in [0, 0.1) is 0 Å². The zero-order chi connectivity index (χ0) is 19.9. The molecule has 1 saturated heterocycles. The first kappa shape index (κ1) is 20.2. The topological polar surface area (TPSA) is 71.8 Å². The van der Waals surface area contributed by atoms with Crippen molar-refractivity contribution in [2.45, 2.75) is 19.8 Å². The Balaban J connectivity index is 1.51. The molecule has 0 radical (unpaired) electrons. The summed E-state index contributed by atoms with van der Waals surface area (Å²) in [6, 6.07) is 10.8. The van der Waals surface area contributed by atoms with Crippen LogP contribution in [0.25, 0.3) is 6.08 Å². The van der Waals surface area contributed by atoms with Gasteiger partial charge in [-0.3, -0.25) is 14.5 Å². The van der Waals surface area contributed by atoms with Gasteiger partial charge in [0.05, 0.1) is 23.5 Å². The van der Waals surface area contributed by atoms with E-state index in [0.717, 1.165) is 0 Å². The maximum Gasteiger partial charge on any atom is 0.266 e. The monoisotopic (exact) mass is 416 g/mol. The molecule has 2 aromatic rings. The summed E-state index contributed by atoms with van der Waals surface area (Å²) in [4.78, 5) is 26.8. The van der Waals surface area contributed by atoms with Gasteiger partial charge in [-0.05, 0) is 37.6 Å². The molecular weight excluding hydrogens is 396 g/mol. The van der Waals surface area contributed by atoms with Crippen molar-refractivity contribution in [3.8, 4) is 5.75 Å². The molecule has 1 fully saturated rings.